The van der Waals surface area contributed by atoms with Crippen LogP contribution < -0.4 is 5.32 Å². The number of nitrogens with one attached hydrogen (secondary N) is 1. The molecule has 1 N–H and O–H groups in total. The lowest BCUT2D eigenvalue weighted by molar-refractivity contribution is -0.114. The molecule has 4 rings (SSSR count). The zero-order chi connectivity index (χ0) is 23.2. The number of hydrogen-bond donors (Lipinski definition) is 1. The zero-order valence-electron chi connectivity index (χ0n) is 19.1. The molecule has 0 bridgehead atoms. The van der Waals surface area contributed by atoms with Crippen LogP contribution in [-0.2, 0) is 11.2 Å². The van der Waals surface area contributed by atoms with Gasteiger partial charge in [0.05, 0.1) is 5.69 Å². The van der Waals surface area contributed by atoms with Gasteiger partial charge in [-0.25, -0.2) is 9.67 Å². The van der Waals surface area contributed by atoms with Crippen LogP contribution in [-0.4, -0.2) is 69.1 Å². The van der Waals surface area contributed by atoms with Crippen LogP contribution in [0.15, 0.2) is 61.2 Å². The Kier molecular flexibility index (Phi) is 7.14. The average molecular weight is 447 g/mol. The number of carbonyl (C=O) groups excluding carboxylic acids is 2. The van der Waals surface area contributed by atoms with E-state index in [1.807, 2.05) is 47.4 Å². The number of carbonyl (C=O) groups is 2. The summed E-state index contributed by atoms with van der Waals surface area (Å²) < 4.78 is 1.67. The molecule has 0 radical (unpaired) electrons. The first kappa shape index (κ1) is 22.7. The molecular formula is C25H30N6O2. The van der Waals surface area contributed by atoms with Crippen molar-refractivity contribution in [3.8, 4) is 5.69 Å². The average Bonchev–Trinajstić information content (AvgIpc) is 3.37. The number of piperidine rings is 1. The maximum absolute atomic E-state index is 12.9. The molecule has 2 heterocycles. The van der Waals surface area contributed by atoms with Crippen molar-refractivity contribution in [3.63, 3.8) is 0 Å². The molecule has 8 nitrogen and oxygen atoms in total. The van der Waals surface area contributed by atoms with E-state index in [0.717, 1.165) is 50.3 Å². The van der Waals surface area contributed by atoms with E-state index in [0.29, 0.717) is 11.6 Å². The number of amides is 2. The molecule has 2 aromatic carbocycles. The minimum absolute atomic E-state index is 0.0586. The number of nitrogens with zero attached hydrogens (tertiary/aromatic N) is 5. The highest BCUT2D eigenvalue weighted by molar-refractivity contribution is 5.94. The molecule has 0 aliphatic carbocycles. The van der Waals surface area contributed by atoms with Crippen LogP contribution >= 0.6 is 0 Å². The summed E-state index contributed by atoms with van der Waals surface area (Å²) in [4.78, 5) is 32.5. The summed E-state index contributed by atoms with van der Waals surface area (Å²) in [5, 5.41) is 6.95. The van der Waals surface area contributed by atoms with Crippen molar-refractivity contribution in [1.82, 2.24) is 24.6 Å². The molecule has 8 heteroatoms. The molecule has 3 aromatic rings. The maximum Gasteiger partial charge on any atom is 0.253 e. The summed E-state index contributed by atoms with van der Waals surface area (Å²) in [5.41, 5.74) is 3.62. The van der Waals surface area contributed by atoms with E-state index in [9.17, 15) is 9.59 Å². The van der Waals surface area contributed by atoms with E-state index in [1.54, 1.807) is 11.0 Å². The number of hydrogen-bond acceptors (Lipinski definition) is 5. The summed E-state index contributed by atoms with van der Waals surface area (Å²) in [5.74, 6) is 0.0211. The van der Waals surface area contributed by atoms with Crippen LogP contribution in [0.4, 0.5) is 5.69 Å². The summed E-state index contributed by atoms with van der Waals surface area (Å²) in [6, 6.07) is 16.0. The number of likely N-dealkylation sites (tertiary alicyclic amines) is 1. The van der Waals surface area contributed by atoms with Crippen molar-refractivity contribution in [3.05, 3.63) is 72.3 Å². The second-order valence-electron chi connectivity index (χ2n) is 8.52. The Labute approximate surface area is 194 Å². The molecule has 0 spiro atoms. The third-order valence-electron chi connectivity index (χ3n) is 6.17. The summed E-state index contributed by atoms with van der Waals surface area (Å²) in [6.45, 7) is 3.98. The molecule has 1 aliphatic rings. The standard InChI is InChI=1S/C25H30N6O2/c1-19(32)28-22-5-3-4-20(16-22)10-13-29(2)23-11-14-30(15-12-23)25(33)21-6-8-24(9-7-21)31-18-26-17-27-31/h3-9,16-18,23H,10-15H2,1-2H3,(H,28,32). The molecule has 172 valence electrons. The Bertz CT molecular complexity index is 1070. The van der Waals surface area contributed by atoms with Gasteiger partial charge in [-0.3, -0.25) is 9.59 Å². The van der Waals surface area contributed by atoms with Gasteiger partial charge in [0.1, 0.15) is 12.7 Å². The number of likely N-dealkylation sites (N-methyl/N-ethyl adjacent to an activating group) is 1. The van der Waals surface area contributed by atoms with E-state index in [2.05, 4.69) is 33.4 Å². The fourth-order valence-electron chi connectivity index (χ4n) is 4.29. The van der Waals surface area contributed by atoms with Crippen LogP contribution in [0.5, 0.6) is 0 Å². The minimum atomic E-state index is -0.0586. The lowest BCUT2D eigenvalue weighted by Crippen LogP contribution is -2.46. The van der Waals surface area contributed by atoms with E-state index in [1.165, 1.54) is 18.8 Å². The first-order valence-corrected chi connectivity index (χ1v) is 11.3. The number of anilines is 1. The molecule has 1 fully saturated rings. The van der Waals surface area contributed by atoms with Gasteiger partial charge < -0.3 is 15.1 Å². The highest BCUT2D eigenvalue weighted by Crippen LogP contribution is 2.19. The predicted molar refractivity (Wildman–Crippen MR) is 127 cm³/mol. The zero-order valence-corrected chi connectivity index (χ0v) is 19.1. The monoisotopic (exact) mass is 446 g/mol. The Hall–Kier alpha value is -3.52. The van der Waals surface area contributed by atoms with E-state index < -0.39 is 0 Å². The molecule has 0 saturated carbocycles. The van der Waals surface area contributed by atoms with Crippen LogP contribution in [0.2, 0.25) is 0 Å². The van der Waals surface area contributed by atoms with Gasteiger partial charge >= 0.3 is 0 Å². The van der Waals surface area contributed by atoms with Gasteiger partial charge in [0.15, 0.2) is 0 Å². The fourth-order valence-corrected chi connectivity index (χ4v) is 4.29. The van der Waals surface area contributed by atoms with Crippen molar-refractivity contribution < 1.29 is 9.59 Å². The van der Waals surface area contributed by atoms with Gasteiger partial charge in [-0.05, 0) is 68.3 Å². The van der Waals surface area contributed by atoms with Crippen molar-refractivity contribution in [1.29, 1.82) is 0 Å². The number of benzene rings is 2. The van der Waals surface area contributed by atoms with Gasteiger partial charge in [-0.1, -0.05) is 12.1 Å². The van der Waals surface area contributed by atoms with Gasteiger partial charge in [-0.2, -0.15) is 5.10 Å². The molecule has 0 atom stereocenters. The summed E-state index contributed by atoms with van der Waals surface area (Å²) in [7, 11) is 2.16. The Morgan fingerprint density at radius 3 is 2.55 bits per heavy atom. The second kappa shape index (κ2) is 10.4. The Balaban J connectivity index is 1.26. The Morgan fingerprint density at radius 2 is 1.88 bits per heavy atom. The number of rotatable bonds is 7. The van der Waals surface area contributed by atoms with Gasteiger partial charge in [0.25, 0.3) is 5.91 Å². The molecule has 1 aliphatic heterocycles. The van der Waals surface area contributed by atoms with Crippen molar-refractivity contribution in [2.75, 3.05) is 32.0 Å². The predicted octanol–water partition coefficient (Wildman–Crippen LogP) is 3.00. The molecule has 0 unspecified atom stereocenters. The largest absolute Gasteiger partial charge is 0.339 e. The van der Waals surface area contributed by atoms with Gasteiger partial charge in [0.2, 0.25) is 5.91 Å². The molecule has 2 amide bonds. The van der Waals surface area contributed by atoms with Gasteiger partial charge in [-0.15, -0.1) is 0 Å². The summed E-state index contributed by atoms with van der Waals surface area (Å²) >= 11 is 0. The molecule has 1 saturated heterocycles. The lowest BCUT2D eigenvalue weighted by atomic mass is 10.0. The van der Waals surface area contributed by atoms with Crippen LogP contribution in [0.25, 0.3) is 5.69 Å². The smallest absolute Gasteiger partial charge is 0.253 e. The third kappa shape index (κ3) is 5.84. The van der Waals surface area contributed by atoms with Gasteiger partial charge in [0, 0.05) is 43.9 Å². The quantitative estimate of drug-likeness (QED) is 0.603. The second-order valence-corrected chi connectivity index (χ2v) is 8.52. The van der Waals surface area contributed by atoms with E-state index in [-0.39, 0.29) is 11.8 Å². The van der Waals surface area contributed by atoms with Crippen LogP contribution in [0, 0.1) is 0 Å². The highest BCUT2D eigenvalue weighted by Gasteiger charge is 2.25. The first-order chi connectivity index (χ1) is 16.0. The van der Waals surface area contributed by atoms with Crippen molar-refractivity contribution in [2.24, 2.45) is 0 Å². The fraction of sp³-hybridized carbons (Fsp3) is 0.360. The lowest BCUT2D eigenvalue weighted by Gasteiger charge is -2.37. The van der Waals surface area contributed by atoms with Crippen LogP contribution in [0.1, 0.15) is 35.7 Å². The topological polar surface area (TPSA) is 83.4 Å². The first-order valence-electron chi connectivity index (χ1n) is 11.3. The van der Waals surface area contributed by atoms with E-state index >= 15 is 0 Å². The normalized spacial score (nSPS) is 14.5. The van der Waals surface area contributed by atoms with Crippen LogP contribution in [0.3, 0.4) is 0 Å². The van der Waals surface area contributed by atoms with Crippen molar-refractivity contribution in [2.45, 2.75) is 32.2 Å². The van der Waals surface area contributed by atoms with E-state index in [4.69, 9.17) is 0 Å². The summed E-state index contributed by atoms with van der Waals surface area (Å²) in [6.07, 6.45) is 5.97. The molecule has 33 heavy (non-hydrogen) atoms. The number of aromatic nitrogens is 3. The minimum Gasteiger partial charge on any atom is -0.339 e. The maximum atomic E-state index is 12.9. The SMILES string of the molecule is CC(=O)Nc1cccc(CCN(C)C2CCN(C(=O)c3ccc(-n4cncn4)cc3)CC2)c1. The third-order valence-corrected chi connectivity index (χ3v) is 6.17. The molecular weight excluding hydrogens is 416 g/mol. The Morgan fingerprint density at radius 1 is 1.12 bits per heavy atom. The highest BCUT2D eigenvalue weighted by atomic mass is 16.2. The molecule has 1 aromatic heterocycles. The van der Waals surface area contributed by atoms with Crippen molar-refractivity contribution >= 4 is 17.5 Å².